The SMILES string of the molecule is CNc1ccccc1-c1[c-]cccc1.CNc1ccccc1-c1[c-]cccc1.CS(=O)(=O)O.CS(=O)(=O)O.[Pd].[Pd]. The number of anilines is 2. The van der Waals surface area contributed by atoms with Gasteiger partial charge in [0.25, 0.3) is 20.2 Å². The molecule has 0 radical (unpaired) electrons. The predicted octanol–water partition coefficient (Wildman–Crippen LogP) is 5.39. The molecule has 12 heteroatoms. The van der Waals surface area contributed by atoms with Gasteiger partial charge in [0.2, 0.25) is 0 Å². The molecule has 0 spiro atoms. The number of hydrogen-bond acceptors (Lipinski definition) is 6. The summed E-state index contributed by atoms with van der Waals surface area (Å²) in [5.74, 6) is 0. The van der Waals surface area contributed by atoms with Gasteiger partial charge in [-0.1, -0.05) is 47.5 Å². The Morgan fingerprint density at radius 1 is 0.550 bits per heavy atom. The Hall–Kier alpha value is -2.38. The van der Waals surface area contributed by atoms with Crippen LogP contribution in [-0.2, 0) is 61.1 Å². The van der Waals surface area contributed by atoms with Gasteiger partial charge in [0, 0.05) is 54.9 Å². The third-order valence-electron chi connectivity index (χ3n) is 4.39. The van der Waals surface area contributed by atoms with Gasteiger partial charge in [0.05, 0.1) is 12.5 Å². The summed E-state index contributed by atoms with van der Waals surface area (Å²) >= 11 is 0. The van der Waals surface area contributed by atoms with Crippen LogP contribution in [0.3, 0.4) is 0 Å². The van der Waals surface area contributed by atoms with Crippen molar-refractivity contribution < 1.29 is 66.8 Å². The zero-order chi connectivity index (χ0) is 28.6. The van der Waals surface area contributed by atoms with Crippen LogP contribution in [0.5, 0.6) is 0 Å². The molecule has 4 aromatic carbocycles. The van der Waals surface area contributed by atoms with E-state index in [1.165, 1.54) is 11.1 Å². The van der Waals surface area contributed by atoms with Crippen LogP contribution in [-0.4, -0.2) is 52.5 Å². The molecule has 0 aromatic heterocycles. The first-order chi connectivity index (χ1) is 17.8. The van der Waals surface area contributed by atoms with E-state index in [0.717, 1.165) is 22.5 Å². The molecule has 0 bridgehead atoms. The van der Waals surface area contributed by atoms with Gasteiger partial charge < -0.3 is 10.6 Å². The van der Waals surface area contributed by atoms with Crippen LogP contribution in [0.1, 0.15) is 0 Å². The minimum Gasteiger partial charge on any atom is -0.395 e. The Bertz CT molecular complexity index is 1330. The fourth-order valence-corrected chi connectivity index (χ4v) is 2.99. The van der Waals surface area contributed by atoms with E-state index in [4.69, 9.17) is 9.11 Å². The molecule has 0 saturated carbocycles. The van der Waals surface area contributed by atoms with E-state index in [2.05, 4.69) is 59.2 Å². The van der Waals surface area contributed by atoms with Gasteiger partial charge >= 0.3 is 0 Å². The van der Waals surface area contributed by atoms with Crippen molar-refractivity contribution in [1.29, 1.82) is 0 Å². The Morgan fingerprint density at radius 2 is 0.825 bits per heavy atom. The average Bonchev–Trinajstić information content (AvgIpc) is 2.88. The van der Waals surface area contributed by atoms with Crippen LogP contribution in [0.25, 0.3) is 22.3 Å². The number of nitrogens with one attached hydrogen (secondary N) is 2. The molecule has 0 amide bonds. The average molecular weight is 770 g/mol. The summed E-state index contributed by atoms with van der Waals surface area (Å²) < 4.78 is 51.7. The summed E-state index contributed by atoms with van der Waals surface area (Å²) in [6, 6.07) is 38.9. The number of benzene rings is 4. The summed E-state index contributed by atoms with van der Waals surface area (Å²) in [6.07, 6.45) is 1.43. The van der Waals surface area contributed by atoms with E-state index in [1.54, 1.807) is 0 Å². The van der Waals surface area contributed by atoms with E-state index < -0.39 is 20.2 Å². The van der Waals surface area contributed by atoms with Crippen molar-refractivity contribution in [3.05, 3.63) is 109 Å². The van der Waals surface area contributed by atoms with Crippen molar-refractivity contribution in [2.45, 2.75) is 0 Å². The smallest absolute Gasteiger partial charge is 0.261 e. The first-order valence-electron chi connectivity index (χ1n) is 11.2. The Morgan fingerprint density at radius 3 is 1.07 bits per heavy atom. The third kappa shape index (κ3) is 18.8. The molecule has 0 aliphatic rings. The van der Waals surface area contributed by atoms with Gasteiger partial charge in [-0.25, -0.2) is 0 Å². The van der Waals surface area contributed by atoms with Gasteiger partial charge in [-0.2, -0.15) is 16.8 Å². The molecule has 0 aliphatic carbocycles. The van der Waals surface area contributed by atoms with Crippen LogP contribution < -0.4 is 10.6 Å². The van der Waals surface area contributed by atoms with E-state index in [9.17, 15) is 16.8 Å². The van der Waals surface area contributed by atoms with Crippen molar-refractivity contribution in [2.24, 2.45) is 0 Å². The number of hydrogen-bond donors (Lipinski definition) is 4. The van der Waals surface area contributed by atoms with Gasteiger partial charge in [0.15, 0.2) is 0 Å². The molecule has 4 rings (SSSR count). The molecular formula is C28H32N2O6Pd2S2-2. The second kappa shape index (κ2) is 20.5. The van der Waals surface area contributed by atoms with Crippen LogP contribution in [0, 0.1) is 12.1 Å². The van der Waals surface area contributed by atoms with Crippen molar-refractivity contribution in [3.63, 3.8) is 0 Å². The predicted molar refractivity (Wildman–Crippen MR) is 155 cm³/mol. The topological polar surface area (TPSA) is 133 Å². The summed E-state index contributed by atoms with van der Waals surface area (Å²) in [5.41, 5.74) is 6.89. The maximum absolute atomic E-state index is 9.19. The molecule has 0 aliphatic heterocycles. The second-order valence-corrected chi connectivity index (χ2v) is 10.5. The molecule has 0 heterocycles. The molecule has 4 N–H and O–H groups in total. The van der Waals surface area contributed by atoms with Crippen LogP contribution in [0.2, 0.25) is 0 Å². The maximum Gasteiger partial charge on any atom is 0.261 e. The van der Waals surface area contributed by atoms with Gasteiger partial charge in [-0.05, 0) is 23.5 Å². The molecule has 8 nitrogen and oxygen atoms in total. The first kappa shape index (κ1) is 39.8. The molecule has 0 saturated heterocycles. The summed E-state index contributed by atoms with van der Waals surface area (Å²) in [7, 11) is -3.47. The molecule has 0 unspecified atom stereocenters. The quantitative estimate of drug-likeness (QED) is 0.124. The van der Waals surface area contributed by atoms with Crippen molar-refractivity contribution >= 4 is 31.6 Å². The Balaban J connectivity index is 0. The second-order valence-electron chi connectivity index (χ2n) is 7.61. The number of para-hydroxylation sites is 2. The fraction of sp³-hybridized carbons (Fsp3) is 0.143. The maximum atomic E-state index is 9.19. The van der Waals surface area contributed by atoms with E-state index in [1.807, 2.05) is 74.8 Å². The largest absolute Gasteiger partial charge is 0.395 e. The molecule has 224 valence electrons. The van der Waals surface area contributed by atoms with Gasteiger partial charge in [-0.3, -0.25) is 9.11 Å². The van der Waals surface area contributed by atoms with E-state index in [0.29, 0.717) is 12.5 Å². The van der Waals surface area contributed by atoms with E-state index in [-0.39, 0.29) is 40.8 Å². The summed E-state index contributed by atoms with van der Waals surface area (Å²) in [5, 5.41) is 6.35. The molecule has 4 aromatic rings. The molecule has 0 atom stereocenters. The molecule has 40 heavy (non-hydrogen) atoms. The van der Waals surface area contributed by atoms with Crippen LogP contribution >= 0.6 is 0 Å². The summed E-state index contributed by atoms with van der Waals surface area (Å²) in [6.45, 7) is 0. The van der Waals surface area contributed by atoms with Gasteiger partial charge in [-0.15, -0.1) is 71.8 Å². The zero-order valence-electron chi connectivity index (χ0n) is 22.2. The first-order valence-corrected chi connectivity index (χ1v) is 14.9. The van der Waals surface area contributed by atoms with E-state index >= 15 is 0 Å². The minimum absolute atomic E-state index is 0. The molecular weight excluding hydrogens is 737 g/mol. The van der Waals surface area contributed by atoms with Crippen molar-refractivity contribution in [1.82, 2.24) is 0 Å². The van der Waals surface area contributed by atoms with Crippen LogP contribution in [0.15, 0.2) is 97.1 Å². The minimum atomic E-state index is -3.67. The standard InChI is InChI=1S/2C13H12N.2CH4O3S.2Pd/c2*1-14-13-10-6-5-9-12(13)11-7-3-2-4-8-11;2*1-5(2,3)4;;/h2*2-7,9-10,14H,1H3;2*1H3,(H,2,3,4);;/q2*-1;;;;. The zero-order valence-corrected chi connectivity index (χ0v) is 27.0. The fourth-order valence-electron chi connectivity index (χ4n) is 2.99. The normalized spacial score (nSPS) is 9.75. The van der Waals surface area contributed by atoms with Gasteiger partial charge in [0.1, 0.15) is 0 Å². The molecule has 0 fully saturated rings. The Kier molecular flexibility index (Phi) is 20.4. The monoisotopic (exact) mass is 768 g/mol. The van der Waals surface area contributed by atoms with Crippen molar-refractivity contribution in [2.75, 3.05) is 37.2 Å². The Labute approximate surface area is 265 Å². The summed E-state index contributed by atoms with van der Waals surface area (Å²) in [4.78, 5) is 0. The third-order valence-corrected chi connectivity index (χ3v) is 4.39. The number of rotatable bonds is 4. The van der Waals surface area contributed by atoms with Crippen LogP contribution in [0.4, 0.5) is 11.4 Å². The van der Waals surface area contributed by atoms with Crippen molar-refractivity contribution in [3.8, 4) is 22.3 Å².